The topological polar surface area (TPSA) is 71.7 Å². The number of hydrogen-bond acceptors (Lipinski definition) is 7. The van der Waals surface area contributed by atoms with Crippen LogP contribution in [0.4, 0.5) is 0 Å². The Bertz CT molecular complexity index is 1200. The van der Waals surface area contributed by atoms with Crippen LogP contribution in [0.5, 0.6) is 10.9 Å². The van der Waals surface area contributed by atoms with Gasteiger partial charge < -0.3 is 14.1 Å². The number of benzene rings is 1. The van der Waals surface area contributed by atoms with E-state index in [0.717, 1.165) is 53.8 Å². The highest BCUT2D eigenvalue weighted by molar-refractivity contribution is 7.20. The molecule has 4 aromatic rings. The monoisotopic (exact) mass is 436 g/mol. The van der Waals surface area contributed by atoms with E-state index >= 15 is 0 Å². The minimum Gasteiger partial charge on any atom is -0.464 e. The number of pyridine rings is 1. The van der Waals surface area contributed by atoms with Gasteiger partial charge in [-0.3, -0.25) is 9.69 Å². The second kappa shape index (κ2) is 8.28. The van der Waals surface area contributed by atoms with Crippen molar-refractivity contribution in [2.75, 3.05) is 19.6 Å². The van der Waals surface area contributed by atoms with Gasteiger partial charge in [0.2, 0.25) is 5.91 Å². The summed E-state index contributed by atoms with van der Waals surface area (Å²) in [6.45, 7) is 7.17. The fraction of sp³-hybridized carbons (Fsp3) is 0.348. The van der Waals surface area contributed by atoms with Crippen molar-refractivity contribution in [1.82, 2.24) is 19.8 Å². The predicted octanol–water partition coefficient (Wildman–Crippen LogP) is 4.67. The number of furan rings is 1. The average Bonchev–Trinajstić information content (AvgIpc) is 3.49. The van der Waals surface area contributed by atoms with E-state index in [-0.39, 0.29) is 5.91 Å². The largest absolute Gasteiger partial charge is 0.464 e. The summed E-state index contributed by atoms with van der Waals surface area (Å²) in [6.07, 6.45) is 4.57. The van der Waals surface area contributed by atoms with Crippen molar-refractivity contribution in [2.24, 2.45) is 0 Å². The molecule has 0 unspecified atom stereocenters. The van der Waals surface area contributed by atoms with E-state index in [1.165, 1.54) is 11.3 Å². The van der Waals surface area contributed by atoms with E-state index in [4.69, 9.17) is 9.15 Å². The first kappa shape index (κ1) is 20.0. The van der Waals surface area contributed by atoms with Gasteiger partial charge >= 0.3 is 0 Å². The molecule has 1 aliphatic heterocycles. The SMILES string of the molecule is CCN(Cc1coc2cc(Oc3nc4ncccc4s3)ccc12)[C@@H]1CCN(C(C)=O)C1. The minimum absolute atomic E-state index is 0.156. The van der Waals surface area contributed by atoms with Gasteiger partial charge in [-0.1, -0.05) is 18.3 Å². The number of likely N-dealkylation sites (N-methyl/N-ethyl adjacent to an activating group) is 1. The number of hydrogen-bond donors (Lipinski definition) is 0. The van der Waals surface area contributed by atoms with E-state index in [1.807, 2.05) is 41.5 Å². The third-order valence-electron chi connectivity index (χ3n) is 5.88. The maximum absolute atomic E-state index is 11.7. The lowest BCUT2D eigenvalue weighted by Gasteiger charge is -2.27. The van der Waals surface area contributed by atoms with Crippen LogP contribution in [0.1, 0.15) is 25.8 Å². The van der Waals surface area contributed by atoms with Crippen molar-refractivity contribution in [3.8, 4) is 10.9 Å². The number of likely N-dealkylation sites (tertiary alicyclic amines) is 1. The van der Waals surface area contributed by atoms with E-state index in [0.29, 0.717) is 22.6 Å². The average molecular weight is 437 g/mol. The van der Waals surface area contributed by atoms with Gasteiger partial charge in [0.25, 0.3) is 5.19 Å². The summed E-state index contributed by atoms with van der Waals surface area (Å²) in [5, 5.41) is 1.64. The lowest BCUT2D eigenvalue weighted by molar-refractivity contribution is -0.127. The molecule has 4 heterocycles. The summed E-state index contributed by atoms with van der Waals surface area (Å²) in [7, 11) is 0. The van der Waals surface area contributed by atoms with Crippen LogP contribution in [-0.4, -0.2) is 51.4 Å². The molecule has 0 spiro atoms. The highest BCUT2D eigenvalue weighted by Gasteiger charge is 2.28. The van der Waals surface area contributed by atoms with E-state index in [1.54, 1.807) is 13.1 Å². The van der Waals surface area contributed by atoms with Crippen molar-refractivity contribution in [2.45, 2.75) is 32.9 Å². The highest BCUT2D eigenvalue weighted by atomic mass is 32.1. The van der Waals surface area contributed by atoms with Crippen LogP contribution >= 0.6 is 11.3 Å². The molecule has 31 heavy (non-hydrogen) atoms. The van der Waals surface area contributed by atoms with Crippen LogP contribution in [0, 0.1) is 0 Å². The number of thiazole rings is 1. The normalized spacial score (nSPS) is 16.6. The Labute approximate surface area is 184 Å². The number of aromatic nitrogens is 2. The standard InChI is InChI=1S/C23H24N4O3S/c1-3-26(17-8-10-27(13-17)15(2)28)12-16-14-29-20-11-18(6-7-19(16)20)30-23-25-22-21(31-23)5-4-9-24-22/h4-7,9,11,14,17H,3,8,10,12-13H2,1-2H3/t17-/m1/s1. The lowest BCUT2D eigenvalue weighted by atomic mass is 10.1. The molecule has 0 bridgehead atoms. The van der Waals surface area contributed by atoms with Crippen molar-refractivity contribution in [1.29, 1.82) is 0 Å². The van der Waals surface area contributed by atoms with Gasteiger partial charge in [-0.05, 0) is 37.2 Å². The molecule has 0 saturated carbocycles. The quantitative estimate of drug-likeness (QED) is 0.437. The van der Waals surface area contributed by atoms with Crippen molar-refractivity contribution >= 4 is 38.6 Å². The molecule has 1 atom stereocenters. The first-order valence-corrected chi connectivity index (χ1v) is 11.3. The van der Waals surface area contributed by atoms with Crippen LogP contribution in [0.25, 0.3) is 21.3 Å². The van der Waals surface area contributed by atoms with Crippen molar-refractivity contribution < 1.29 is 13.9 Å². The van der Waals surface area contributed by atoms with Gasteiger partial charge in [0.1, 0.15) is 11.3 Å². The Balaban J connectivity index is 1.32. The molecule has 0 N–H and O–H groups in total. The summed E-state index contributed by atoms with van der Waals surface area (Å²) in [4.78, 5) is 24.7. The molecule has 3 aromatic heterocycles. The van der Waals surface area contributed by atoms with Gasteiger partial charge in [0.05, 0.1) is 11.0 Å². The van der Waals surface area contributed by atoms with Crippen LogP contribution in [-0.2, 0) is 11.3 Å². The maximum atomic E-state index is 11.7. The van der Waals surface area contributed by atoms with Crippen LogP contribution < -0.4 is 4.74 Å². The van der Waals surface area contributed by atoms with E-state index in [2.05, 4.69) is 21.8 Å². The molecule has 1 saturated heterocycles. The molecule has 1 aromatic carbocycles. The number of rotatable bonds is 6. The molecule has 1 aliphatic rings. The van der Waals surface area contributed by atoms with Crippen LogP contribution in [0.15, 0.2) is 47.2 Å². The molecule has 1 fully saturated rings. The zero-order chi connectivity index (χ0) is 21.4. The Hall–Kier alpha value is -2.97. The second-order valence-corrected chi connectivity index (χ2v) is 8.79. The maximum Gasteiger partial charge on any atom is 0.281 e. The zero-order valence-electron chi connectivity index (χ0n) is 17.6. The Morgan fingerprint density at radius 3 is 3.06 bits per heavy atom. The molecule has 7 nitrogen and oxygen atoms in total. The van der Waals surface area contributed by atoms with Gasteiger partial charge in [0, 0.05) is 55.8 Å². The molecule has 5 rings (SSSR count). The van der Waals surface area contributed by atoms with Gasteiger partial charge in [0.15, 0.2) is 5.65 Å². The fourth-order valence-electron chi connectivity index (χ4n) is 4.19. The summed E-state index contributed by atoms with van der Waals surface area (Å²) >= 11 is 1.47. The number of carbonyl (C=O) groups is 1. The molecular weight excluding hydrogens is 412 g/mol. The Morgan fingerprint density at radius 1 is 1.39 bits per heavy atom. The van der Waals surface area contributed by atoms with Gasteiger partial charge in [-0.25, -0.2) is 4.98 Å². The molecule has 0 radical (unpaired) electrons. The summed E-state index contributed by atoms with van der Waals surface area (Å²) < 4.78 is 12.8. The predicted molar refractivity (Wildman–Crippen MR) is 120 cm³/mol. The first-order chi connectivity index (χ1) is 15.1. The van der Waals surface area contributed by atoms with Crippen LogP contribution in [0.2, 0.25) is 0 Å². The molecule has 0 aliphatic carbocycles. The fourth-order valence-corrected chi connectivity index (χ4v) is 4.98. The number of ether oxygens (including phenoxy) is 1. The minimum atomic E-state index is 0.156. The third-order valence-corrected chi connectivity index (χ3v) is 6.77. The number of nitrogens with zero attached hydrogens (tertiary/aromatic N) is 4. The number of amides is 1. The lowest BCUT2D eigenvalue weighted by Crippen LogP contribution is -2.37. The molecule has 1 amide bonds. The molecule has 160 valence electrons. The third kappa shape index (κ3) is 4.00. The van der Waals surface area contributed by atoms with Gasteiger partial charge in [-0.2, -0.15) is 4.98 Å². The Kier molecular flexibility index (Phi) is 5.33. The zero-order valence-corrected chi connectivity index (χ0v) is 18.4. The van der Waals surface area contributed by atoms with Crippen LogP contribution in [0.3, 0.4) is 0 Å². The summed E-state index contributed by atoms with van der Waals surface area (Å²) in [6, 6.07) is 10.2. The van der Waals surface area contributed by atoms with E-state index in [9.17, 15) is 4.79 Å². The van der Waals surface area contributed by atoms with Gasteiger partial charge in [-0.15, -0.1) is 0 Å². The smallest absolute Gasteiger partial charge is 0.281 e. The summed E-state index contributed by atoms with van der Waals surface area (Å²) in [5.41, 5.74) is 2.63. The van der Waals surface area contributed by atoms with Crippen molar-refractivity contribution in [3.05, 3.63) is 48.4 Å². The van der Waals surface area contributed by atoms with E-state index < -0.39 is 0 Å². The molecular formula is C23H24N4O3S. The summed E-state index contributed by atoms with van der Waals surface area (Å²) in [5.74, 6) is 0.844. The van der Waals surface area contributed by atoms with Crippen molar-refractivity contribution in [3.63, 3.8) is 0 Å². The first-order valence-electron chi connectivity index (χ1n) is 10.5. The Morgan fingerprint density at radius 2 is 2.29 bits per heavy atom. The molecule has 8 heteroatoms. The number of carbonyl (C=O) groups excluding carboxylic acids is 1. The number of fused-ring (bicyclic) bond motifs is 2. The second-order valence-electron chi connectivity index (χ2n) is 7.80. The highest BCUT2D eigenvalue weighted by Crippen LogP contribution is 2.33.